The summed E-state index contributed by atoms with van der Waals surface area (Å²) >= 11 is 1.55. The summed E-state index contributed by atoms with van der Waals surface area (Å²) in [4.78, 5) is 7.79. The van der Waals surface area contributed by atoms with Crippen molar-refractivity contribution < 1.29 is 8.42 Å². The zero-order valence-corrected chi connectivity index (χ0v) is 21.0. The second-order valence-corrected chi connectivity index (χ2v) is 11.9. The lowest BCUT2D eigenvalue weighted by molar-refractivity contribution is 0.118. The number of likely N-dealkylation sites (tertiary alicyclic amines) is 1. The van der Waals surface area contributed by atoms with Crippen molar-refractivity contribution in [3.8, 4) is 22.0 Å². The van der Waals surface area contributed by atoms with Gasteiger partial charge in [0.1, 0.15) is 9.90 Å². The van der Waals surface area contributed by atoms with Gasteiger partial charge in [-0.15, -0.1) is 11.3 Å². The molecule has 2 aliphatic rings. The van der Waals surface area contributed by atoms with Crippen LogP contribution in [0.3, 0.4) is 0 Å². The molecule has 0 spiro atoms. The molecular weight excluding hydrogens is 452 g/mol. The first kappa shape index (κ1) is 22.8. The summed E-state index contributed by atoms with van der Waals surface area (Å²) in [5.74, 6) is 0. The van der Waals surface area contributed by atoms with E-state index in [9.17, 15) is 8.42 Å². The lowest BCUT2D eigenvalue weighted by atomic mass is 10.0. The minimum absolute atomic E-state index is 0.410. The Bertz CT molecular complexity index is 1200. The highest BCUT2D eigenvalue weighted by Gasteiger charge is 2.34. The fourth-order valence-electron chi connectivity index (χ4n) is 5.14. The molecule has 4 heterocycles. The second-order valence-electron chi connectivity index (χ2n) is 9.17. The Morgan fingerprint density at radius 2 is 1.70 bits per heavy atom. The maximum absolute atomic E-state index is 13.6. The van der Waals surface area contributed by atoms with Crippen LogP contribution in [0, 0.1) is 6.92 Å². The van der Waals surface area contributed by atoms with Crippen molar-refractivity contribution in [1.29, 1.82) is 0 Å². The number of sulfonamides is 1. The van der Waals surface area contributed by atoms with Crippen molar-refractivity contribution >= 4 is 21.4 Å². The average Bonchev–Trinajstić information content (AvgIpc) is 3.46. The van der Waals surface area contributed by atoms with Gasteiger partial charge < -0.3 is 9.47 Å². The van der Waals surface area contributed by atoms with Crippen LogP contribution >= 0.6 is 11.3 Å². The minimum Gasteiger partial charge on any atom is -0.345 e. The fourth-order valence-corrected chi connectivity index (χ4v) is 7.76. The van der Waals surface area contributed by atoms with Crippen molar-refractivity contribution in [2.75, 3.05) is 26.2 Å². The van der Waals surface area contributed by atoms with Crippen LogP contribution in [0.5, 0.6) is 0 Å². The topological polar surface area (TPSA) is 58.4 Å². The standard InChI is InChI=1S/C25H32N4O2S2/c1-19-24(33(30,31)29-15-11-21(12-16-29)28-13-7-4-8-14-28)17-23(27(19)2)25-26-22(18-32-25)20-9-5-3-6-10-20/h3,5-6,9-10,17-18,21H,4,7-8,11-16H2,1-2H3. The van der Waals surface area contributed by atoms with E-state index in [0.29, 0.717) is 24.0 Å². The number of hydrogen-bond acceptors (Lipinski definition) is 5. The van der Waals surface area contributed by atoms with E-state index in [2.05, 4.69) is 4.90 Å². The average molecular weight is 485 g/mol. The molecule has 0 atom stereocenters. The van der Waals surface area contributed by atoms with Gasteiger partial charge in [-0.25, -0.2) is 13.4 Å². The molecule has 0 aliphatic carbocycles. The quantitative estimate of drug-likeness (QED) is 0.524. The maximum Gasteiger partial charge on any atom is 0.244 e. The fraction of sp³-hybridized carbons (Fsp3) is 0.480. The largest absolute Gasteiger partial charge is 0.345 e. The number of hydrogen-bond donors (Lipinski definition) is 0. The summed E-state index contributed by atoms with van der Waals surface area (Å²) in [6.07, 6.45) is 5.71. The molecule has 8 heteroatoms. The molecule has 6 nitrogen and oxygen atoms in total. The second kappa shape index (κ2) is 9.33. The van der Waals surface area contributed by atoms with Crippen molar-refractivity contribution in [2.24, 2.45) is 7.05 Å². The molecule has 33 heavy (non-hydrogen) atoms. The van der Waals surface area contributed by atoms with E-state index < -0.39 is 10.0 Å². The Hall–Kier alpha value is -2.00. The van der Waals surface area contributed by atoms with Gasteiger partial charge in [-0.3, -0.25) is 0 Å². The summed E-state index contributed by atoms with van der Waals surface area (Å²) < 4.78 is 30.8. The molecule has 0 bridgehead atoms. The van der Waals surface area contributed by atoms with E-state index in [-0.39, 0.29) is 0 Å². The van der Waals surface area contributed by atoms with Crippen LogP contribution in [0.2, 0.25) is 0 Å². The van der Waals surface area contributed by atoms with Gasteiger partial charge in [-0.2, -0.15) is 4.31 Å². The third kappa shape index (κ3) is 4.41. The molecule has 2 aliphatic heterocycles. The number of benzene rings is 1. The van der Waals surface area contributed by atoms with Crippen LogP contribution in [0.25, 0.3) is 22.0 Å². The summed E-state index contributed by atoms with van der Waals surface area (Å²) in [5.41, 5.74) is 3.59. The van der Waals surface area contributed by atoms with E-state index in [1.165, 1.54) is 19.3 Å². The van der Waals surface area contributed by atoms with Crippen LogP contribution in [0.1, 0.15) is 37.8 Å². The van der Waals surface area contributed by atoms with Gasteiger partial charge in [0.2, 0.25) is 10.0 Å². The highest BCUT2D eigenvalue weighted by molar-refractivity contribution is 7.89. The highest BCUT2D eigenvalue weighted by Crippen LogP contribution is 2.34. The number of nitrogens with zero attached hydrogens (tertiary/aromatic N) is 4. The van der Waals surface area contributed by atoms with Crippen LogP contribution in [0.4, 0.5) is 0 Å². The van der Waals surface area contributed by atoms with E-state index in [1.54, 1.807) is 15.6 Å². The van der Waals surface area contributed by atoms with Gasteiger partial charge >= 0.3 is 0 Å². The van der Waals surface area contributed by atoms with Gasteiger partial charge in [0.05, 0.1) is 11.4 Å². The van der Waals surface area contributed by atoms with Gasteiger partial charge in [0, 0.05) is 42.8 Å². The summed E-state index contributed by atoms with van der Waals surface area (Å²) in [7, 11) is -1.60. The van der Waals surface area contributed by atoms with E-state index >= 15 is 0 Å². The van der Waals surface area contributed by atoms with Crippen molar-refractivity contribution in [3.05, 3.63) is 47.5 Å². The highest BCUT2D eigenvalue weighted by atomic mass is 32.2. The van der Waals surface area contributed by atoms with Gasteiger partial charge in [-0.05, 0) is 51.8 Å². The monoisotopic (exact) mass is 484 g/mol. The Balaban J connectivity index is 1.36. The van der Waals surface area contributed by atoms with Crippen LogP contribution in [-0.2, 0) is 17.1 Å². The lowest BCUT2D eigenvalue weighted by Crippen LogP contribution is -2.48. The lowest BCUT2D eigenvalue weighted by Gasteiger charge is -2.39. The molecule has 1 aromatic carbocycles. The molecule has 2 fully saturated rings. The molecule has 176 valence electrons. The molecule has 2 saturated heterocycles. The Labute approximate surface area is 200 Å². The molecular formula is C25H32N4O2S2. The molecule has 0 amide bonds. The molecule has 0 N–H and O–H groups in total. The predicted octanol–water partition coefficient (Wildman–Crippen LogP) is 4.76. The summed E-state index contributed by atoms with van der Waals surface area (Å²) in [6, 6.07) is 12.4. The third-order valence-electron chi connectivity index (χ3n) is 7.23. The third-order valence-corrected chi connectivity index (χ3v) is 10.1. The van der Waals surface area contributed by atoms with Crippen molar-refractivity contribution in [3.63, 3.8) is 0 Å². The normalized spacial score (nSPS) is 19.2. The van der Waals surface area contributed by atoms with Crippen molar-refractivity contribution in [1.82, 2.24) is 18.8 Å². The van der Waals surface area contributed by atoms with Crippen molar-refractivity contribution in [2.45, 2.75) is 50.0 Å². The van der Waals surface area contributed by atoms with E-state index in [0.717, 1.165) is 53.6 Å². The van der Waals surface area contributed by atoms with Gasteiger partial charge in [-0.1, -0.05) is 36.8 Å². The van der Waals surface area contributed by atoms with E-state index in [1.807, 2.05) is 60.3 Å². The van der Waals surface area contributed by atoms with Gasteiger partial charge in [0.15, 0.2) is 0 Å². The number of thiazole rings is 1. The molecule has 5 rings (SSSR count). The first-order chi connectivity index (χ1) is 15.9. The number of rotatable bonds is 5. The summed E-state index contributed by atoms with van der Waals surface area (Å²) in [6.45, 7) is 5.42. The summed E-state index contributed by atoms with van der Waals surface area (Å²) in [5, 5.41) is 2.87. The smallest absolute Gasteiger partial charge is 0.244 e. The first-order valence-corrected chi connectivity index (χ1v) is 14.2. The first-order valence-electron chi connectivity index (χ1n) is 11.9. The Morgan fingerprint density at radius 1 is 1.00 bits per heavy atom. The number of aromatic nitrogens is 2. The Kier molecular flexibility index (Phi) is 6.44. The predicted molar refractivity (Wildman–Crippen MR) is 134 cm³/mol. The Morgan fingerprint density at radius 3 is 2.39 bits per heavy atom. The maximum atomic E-state index is 13.6. The molecule has 0 unspecified atom stereocenters. The number of piperidine rings is 2. The van der Waals surface area contributed by atoms with Crippen LogP contribution < -0.4 is 0 Å². The van der Waals surface area contributed by atoms with E-state index in [4.69, 9.17) is 4.98 Å². The molecule has 0 saturated carbocycles. The molecule has 2 aromatic heterocycles. The van der Waals surface area contributed by atoms with Gasteiger partial charge in [0.25, 0.3) is 0 Å². The van der Waals surface area contributed by atoms with Crippen LogP contribution in [0.15, 0.2) is 46.7 Å². The minimum atomic E-state index is -3.53. The SMILES string of the molecule is Cc1c(S(=O)(=O)N2CCC(N3CCCCC3)CC2)cc(-c2nc(-c3ccccc3)cs2)n1C. The molecule has 0 radical (unpaired) electrons. The zero-order valence-electron chi connectivity index (χ0n) is 19.4. The van der Waals surface area contributed by atoms with Crippen LogP contribution in [-0.4, -0.2) is 59.4 Å². The zero-order chi connectivity index (χ0) is 23.0. The molecule has 3 aromatic rings.